The molecule has 1 aromatic heterocycles. The summed E-state index contributed by atoms with van der Waals surface area (Å²) in [7, 11) is -1.40. The molecule has 0 bridgehead atoms. The summed E-state index contributed by atoms with van der Waals surface area (Å²) in [4.78, 5) is 11.4. The van der Waals surface area contributed by atoms with Gasteiger partial charge in [0.1, 0.15) is 8.07 Å². The van der Waals surface area contributed by atoms with E-state index in [4.69, 9.17) is 4.42 Å². The predicted molar refractivity (Wildman–Crippen MR) is 113 cm³/mol. The molecule has 0 atom stereocenters. The maximum absolute atomic E-state index is 11.4. The first-order valence-electron chi connectivity index (χ1n) is 10.3. The van der Waals surface area contributed by atoms with Crippen molar-refractivity contribution in [2.24, 2.45) is 0 Å². The van der Waals surface area contributed by atoms with Crippen molar-refractivity contribution in [3.8, 4) is 0 Å². The summed E-state index contributed by atoms with van der Waals surface area (Å²) in [5.74, 6) is -0.761. The number of rotatable bonds is 14. The SMILES string of the molecule is CCCCCCCCCCC(=CCCc1coc([Si](C)(C)C)c1)C(=O)O. The maximum atomic E-state index is 11.4. The van der Waals surface area contributed by atoms with Crippen LogP contribution >= 0.6 is 0 Å². The van der Waals surface area contributed by atoms with E-state index in [-0.39, 0.29) is 0 Å². The Hall–Kier alpha value is -1.29. The molecule has 0 aromatic carbocycles. The molecule has 148 valence electrons. The molecule has 26 heavy (non-hydrogen) atoms. The fraction of sp³-hybridized carbons (Fsp3) is 0.682. The molecule has 3 nitrogen and oxygen atoms in total. The first-order valence-corrected chi connectivity index (χ1v) is 13.8. The number of hydrogen-bond acceptors (Lipinski definition) is 2. The summed E-state index contributed by atoms with van der Waals surface area (Å²) in [6.45, 7) is 9.03. The van der Waals surface area contributed by atoms with E-state index >= 15 is 0 Å². The lowest BCUT2D eigenvalue weighted by atomic mass is 10.0. The molecular weight excluding hydrogens is 340 g/mol. The number of aryl methyl sites for hydroxylation is 1. The molecule has 0 radical (unpaired) electrons. The van der Waals surface area contributed by atoms with E-state index in [0.717, 1.165) is 31.1 Å². The third kappa shape index (κ3) is 9.42. The number of furan rings is 1. The Morgan fingerprint density at radius 2 is 1.69 bits per heavy atom. The second kappa shape index (κ2) is 12.2. The average molecular weight is 379 g/mol. The molecule has 0 aliphatic carbocycles. The van der Waals surface area contributed by atoms with Crippen LogP contribution < -0.4 is 5.38 Å². The fourth-order valence-corrected chi connectivity index (χ4v) is 4.09. The molecule has 1 heterocycles. The third-order valence-electron chi connectivity index (χ3n) is 4.79. The Bertz CT molecular complexity index is 552. The van der Waals surface area contributed by atoms with Crippen LogP contribution in [0.4, 0.5) is 0 Å². The van der Waals surface area contributed by atoms with Gasteiger partial charge in [0, 0.05) is 5.57 Å². The van der Waals surface area contributed by atoms with E-state index in [9.17, 15) is 9.90 Å². The first-order chi connectivity index (χ1) is 12.3. The Morgan fingerprint density at radius 3 is 2.23 bits per heavy atom. The molecule has 0 fully saturated rings. The van der Waals surface area contributed by atoms with Crippen molar-refractivity contribution in [2.75, 3.05) is 0 Å². The Kier molecular flexibility index (Phi) is 10.6. The topological polar surface area (TPSA) is 50.4 Å². The highest BCUT2D eigenvalue weighted by atomic mass is 28.3. The van der Waals surface area contributed by atoms with Gasteiger partial charge in [0.15, 0.2) is 0 Å². The van der Waals surface area contributed by atoms with Gasteiger partial charge >= 0.3 is 5.97 Å². The molecule has 0 spiro atoms. The summed E-state index contributed by atoms with van der Waals surface area (Å²) >= 11 is 0. The van der Waals surface area contributed by atoms with Crippen LogP contribution in [0.25, 0.3) is 0 Å². The van der Waals surface area contributed by atoms with Crippen molar-refractivity contribution in [1.82, 2.24) is 0 Å². The number of aliphatic carboxylic acids is 1. The second-order valence-electron chi connectivity index (χ2n) is 8.37. The molecule has 0 amide bonds. The predicted octanol–water partition coefficient (Wildman–Crippen LogP) is 6.30. The highest BCUT2D eigenvalue weighted by molar-refractivity contribution is 6.87. The molecular formula is C22H38O3Si. The van der Waals surface area contributed by atoms with Gasteiger partial charge < -0.3 is 9.52 Å². The number of unbranched alkanes of at least 4 members (excludes halogenated alkanes) is 7. The number of carbonyl (C=O) groups is 1. The highest BCUT2D eigenvalue weighted by Crippen LogP contribution is 2.15. The lowest BCUT2D eigenvalue weighted by Gasteiger charge is -2.10. The highest BCUT2D eigenvalue weighted by Gasteiger charge is 2.20. The third-order valence-corrected chi connectivity index (χ3v) is 6.53. The zero-order valence-corrected chi connectivity index (χ0v) is 18.3. The largest absolute Gasteiger partial charge is 0.478 e. The van der Waals surface area contributed by atoms with Gasteiger partial charge in [-0.05, 0) is 37.3 Å². The van der Waals surface area contributed by atoms with Gasteiger partial charge in [0.2, 0.25) is 0 Å². The molecule has 1 aromatic rings. The van der Waals surface area contributed by atoms with Crippen LogP contribution in [0.2, 0.25) is 19.6 Å². The van der Waals surface area contributed by atoms with Crippen molar-refractivity contribution in [3.05, 3.63) is 29.5 Å². The lowest BCUT2D eigenvalue weighted by Crippen LogP contribution is -2.36. The zero-order chi connectivity index (χ0) is 19.4. The van der Waals surface area contributed by atoms with Crippen molar-refractivity contribution in [3.63, 3.8) is 0 Å². The van der Waals surface area contributed by atoms with E-state index < -0.39 is 14.0 Å². The van der Waals surface area contributed by atoms with Gasteiger partial charge in [0.05, 0.1) is 11.6 Å². The van der Waals surface area contributed by atoms with Crippen LogP contribution in [0.3, 0.4) is 0 Å². The average Bonchev–Trinajstić information content (AvgIpc) is 3.04. The molecule has 0 unspecified atom stereocenters. The monoisotopic (exact) mass is 378 g/mol. The molecule has 0 saturated carbocycles. The molecule has 1 rings (SSSR count). The van der Waals surface area contributed by atoms with Crippen LogP contribution in [-0.2, 0) is 11.2 Å². The maximum Gasteiger partial charge on any atom is 0.331 e. The van der Waals surface area contributed by atoms with Gasteiger partial charge in [-0.1, -0.05) is 77.6 Å². The fourth-order valence-electron chi connectivity index (χ4n) is 3.06. The second-order valence-corrected chi connectivity index (χ2v) is 13.4. The summed E-state index contributed by atoms with van der Waals surface area (Å²) in [6, 6.07) is 2.15. The number of allylic oxidation sites excluding steroid dienone is 1. The minimum atomic E-state index is -1.40. The van der Waals surface area contributed by atoms with Crippen LogP contribution in [0.1, 0.15) is 76.7 Å². The molecule has 0 saturated heterocycles. The Morgan fingerprint density at radius 1 is 1.08 bits per heavy atom. The number of carboxylic acid groups (broad SMARTS) is 1. The van der Waals surface area contributed by atoms with E-state index in [1.165, 1.54) is 44.1 Å². The minimum Gasteiger partial charge on any atom is -0.478 e. The van der Waals surface area contributed by atoms with Gasteiger partial charge in [-0.15, -0.1) is 0 Å². The molecule has 0 aliphatic rings. The van der Waals surface area contributed by atoms with Crippen LogP contribution in [0.5, 0.6) is 0 Å². The summed E-state index contributed by atoms with van der Waals surface area (Å²) < 4.78 is 5.69. The zero-order valence-electron chi connectivity index (χ0n) is 17.3. The van der Waals surface area contributed by atoms with Crippen LogP contribution in [-0.4, -0.2) is 19.1 Å². The van der Waals surface area contributed by atoms with E-state index in [1.54, 1.807) is 0 Å². The summed E-state index contributed by atoms with van der Waals surface area (Å²) in [5, 5.41) is 10.5. The van der Waals surface area contributed by atoms with E-state index in [1.807, 2.05) is 12.3 Å². The number of hydrogen-bond donors (Lipinski definition) is 1. The summed E-state index contributed by atoms with van der Waals surface area (Å²) in [6.07, 6.45) is 16.0. The van der Waals surface area contributed by atoms with Gasteiger partial charge in [-0.3, -0.25) is 0 Å². The Labute approximate surface area is 160 Å². The van der Waals surface area contributed by atoms with E-state index in [0.29, 0.717) is 12.0 Å². The van der Waals surface area contributed by atoms with Gasteiger partial charge in [0.25, 0.3) is 0 Å². The van der Waals surface area contributed by atoms with Crippen molar-refractivity contribution >= 4 is 19.4 Å². The van der Waals surface area contributed by atoms with Gasteiger partial charge in [-0.25, -0.2) is 4.79 Å². The smallest absolute Gasteiger partial charge is 0.331 e. The Balaban J connectivity index is 2.31. The normalized spacial score (nSPS) is 12.5. The van der Waals surface area contributed by atoms with Gasteiger partial charge in [-0.2, -0.15) is 0 Å². The quantitative estimate of drug-likeness (QED) is 0.235. The number of carboxylic acids is 1. The molecule has 4 heteroatoms. The first kappa shape index (κ1) is 22.7. The molecule has 1 N–H and O–H groups in total. The van der Waals surface area contributed by atoms with Crippen molar-refractivity contribution in [2.45, 2.75) is 97.2 Å². The van der Waals surface area contributed by atoms with Crippen LogP contribution in [0, 0.1) is 0 Å². The van der Waals surface area contributed by atoms with Crippen molar-refractivity contribution in [1.29, 1.82) is 0 Å². The lowest BCUT2D eigenvalue weighted by molar-refractivity contribution is -0.132. The molecule has 0 aliphatic heterocycles. The van der Waals surface area contributed by atoms with Crippen molar-refractivity contribution < 1.29 is 14.3 Å². The summed E-state index contributed by atoms with van der Waals surface area (Å²) in [5.41, 5.74) is 1.75. The minimum absolute atomic E-state index is 0.574. The standard InChI is InChI=1S/C22H38O3Si/c1-5-6-7-8-9-10-11-12-15-20(22(23)24)16-13-14-19-17-21(25-18-19)26(2,3)4/h16-18H,5-15H2,1-4H3,(H,23,24). The van der Waals surface area contributed by atoms with E-state index in [2.05, 4.69) is 32.6 Å². The van der Waals surface area contributed by atoms with Crippen LogP contribution in [0.15, 0.2) is 28.4 Å².